The largest absolute Gasteiger partial charge is 0.381 e. The van der Waals surface area contributed by atoms with Gasteiger partial charge in [0, 0.05) is 37.1 Å². The highest BCUT2D eigenvalue weighted by Crippen LogP contribution is 2.20. The van der Waals surface area contributed by atoms with E-state index in [0.29, 0.717) is 0 Å². The summed E-state index contributed by atoms with van der Waals surface area (Å²) in [6.45, 7) is 6.59. The minimum Gasteiger partial charge on any atom is -0.381 e. The van der Waals surface area contributed by atoms with Gasteiger partial charge in [-0.05, 0) is 73.3 Å². The Hall–Kier alpha value is -2.65. The molecule has 4 rings (SSSR count). The van der Waals surface area contributed by atoms with E-state index in [0.717, 1.165) is 25.2 Å². The molecule has 0 aliphatic carbocycles. The summed E-state index contributed by atoms with van der Waals surface area (Å²) in [7, 11) is 0. The summed E-state index contributed by atoms with van der Waals surface area (Å²) in [6, 6.07) is 21.8. The number of anilines is 1. The van der Waals surface area contributed by atoms with Crippen LogP contribution in [0.4, 0.5) is 5.69 Å². The first kappa shape index (κ1) is 19.7. The molecule has 0 unspecified atom stereocenters. The van der Waals surface area contributed by atoms with Gasteiger partial charge in [-0.3, -0.25) is 9.88 Å². The number of piperidine rings is 1. The van der Waals surface area contributed by atoms with Crippen molar-refractivity contribution in [1.29, 1.82) is 0 Å². The number of pyridine rings is 1. The molecule has 0 saturated carbocycles. The van der Waals surface area contributed by atoms with Crippen LogP contribution in [0.5, 0.6) is 0 Å². The van der Waals surface area contributed by atoms with Crippen molar-refractivity contribution in [1.82, 2.24) is 9.88 Å². The van der Waals surface area contributed by atoms with Crippen molar-refractivity contribution in [2.24, 2.45) is 0 Å². The van der Waals surface area contributed by atoms with E-state index in [9.17, 15) is 0 Å². The highest BCUT2D eigenvalue weighted by Gasteiger charge is 2.10. The summed E-state index contributed by atoms with van der Waals surface area (Å²) in [5.41, 5.74) is 7.61. The minimum absolute atomic E-state index is 0.845. The van der Waals surface area contributed by atoms with Crippen LogP contribution in [0.25, 0.3) is 0 Å². The average molecular weight is 386 g/mol. The lowest BCUT2D eigenvalue weighted by Crippen LogP contribution is -2.29. The number of hydrogen-bond acceptors (Lipinski definition) is 3. The molecule has 29 heavy (non-hydrogen) atoms. The van der Waals surface area contributed by atoms with Crippen LogP contribution in [0.1, 0.15) is 47.2 Å². The van der Waals surface area contributed by atoms with Gasteiger partial charge in [0.15, 0.2) is 0 Å². The zero-order chi connectivity index (χ0) is 19.9. The number of nitrogens with one attached hydrogen (secondary N) is 1. The average Bonchev–Trinajstić information content (AvgIpc) is 2.77. The molecule has 0 radical (unpaired) electrons. The highest BCUT2D eigenvalue weighted by atomic mass is 15.1. The fourth-order valence-corrected chi connectivity index (χ4v) is 4.02. The molecule has 1 aromatic heterocycles. The summed E-state index contributed by atoms with van der Waals surface area (Å²) in [6.07, 6.45) is 6.81. The molecule has 1 N–H and O–H groups in total. The van der Waals surface area contributed by atoms with Crippen LogP contribution >= 0.6 is 0 Å². The number of aryl methyl sites for hydroxylation is 1. The van der Waals surface area contributed by atoms with Gasteiger partial charge in [0.25, 0.3) is 0 Å². The fraction of sp³-hybridized carbons (Fsp3) is 0.346. The fourth-order valence-electron chi connectivity index (χ4n) is 4.02. The Morgan fingerprint density at radius 1 is 0.862 bits per heavy atom. The molecule has 3 nitrogen and oxygen atoms in total. The molecular formula is C26H31N3. The van der Waals surface area contributed by atoms with Crippen molar-refractivity contribution >= 4 is 5.69 Å². The highest BCUT2D eigenvalue weighted by molar-refractivity contribution is 5.53. The summed E-state index contributed by atoms with van der Waals surface area (Å²) in [5, 5.41) is 3.63. The molecule has 1 fully saturated rings. The second kappa shape index (κ2) is 9.71. The van der Waals surface area contributed by atoms with Crippen molar-refractivity contribution in [3.05, 3.63) is 94.8 Å². The molecule has 0 spiro atoms. The Balaban J connectivity index is 1.35. The number of nitrogens with zero attached hydrogens (tertiary/aromatic N) is 2. The molecular weight excluding hydrogens is 354 g/mol. The Morgan fingerprint density at radius 2 is 1.62 bits per heavy atom. The SMILES string of the molecule is Cc1ccc(Cc2ccccn2)cc1NCc1ccc(CN2CCCCC2)cc1. The van der Waals surface area contributed by atoms with Gasteiger partial charge in [0.05, 0.1) is 0 Å². The quantitative estimate of drug-likeness (QED) is 0.575. The van der Waals surface area contributed by atoms with E-state index < -0.39 is 0 Å². The molecule has 0 amide bonds. The Kier molecular flexibility index (Phi) is 6.58. The molecule has 1 aliphatic rings. The predicted molar refractivity (Wildman–Crippen MR) is 121 cm³/mol. The van der Waals surface area contributed by atoms with Gasteiger partial charge in [-0.25, -0.2) is 0 Å². The van der Waals surface area contributed by atoms with Crippen LogP contribution in [-0.4, -0.2) is 23.0 Å². The zero-order valence-electron chi connectivity index (χ0n) is 17.4. The van der Waals surface area contributed by atoms with Gasteiger partial charge in [-0.2, -0.15) is 0 Å². The summed E-state index contributed by atoms with van der Waals surface area (Å²) >= 11 is 0. The normalized spacial score (nSPS) is 14.7. The third-order valence-electron chi connectivity index (χ3n) is 5.77. The molecule has 3 heteroatoms. The minimum atomic E-state index is 0.845. The van der Waals surface area contributed by atoms with Crippen molar-refractivity contribution in [2.75, 3.05) is 18.4 Å². The third-order valence-corrected chi connectivity index (χ3v) is 5.77. The lowest BCUT2D eigenvalue weighted by Gasteiger charge is -2.26. The van der Waals surface area contributed by atoms with Crippen molar-refractivity contribution in [2.45, 2.75) is 45.7 Å². The predicted octanol–water partition coefficient (Wildman–Crippen LogP) is 5.58. The van der Waals surface area contributed by atoms with Crippen molar-refractivity contribution < 1.29 is 0 Å². The summed E-state index contributed by atoms with van der Waals surface area (Å²) in [5.74, 6) is 0. The van der Waals surface area contributed by atoms with E-state index in [-0.39, 0.29) is 0 Å². The first-order valence-corrected chi connectivity index (χ1v) is 10.8. The monoisotopic (exact) mass is 385 g/mol. The number of likely N-dealkylation sites (tertiary alicyclic amines) is 1. The standard InChI is InChI=1S/C26H31N3/c1-21-8-9-24(17-25-7-3-4-14-27-25)18-26(21)28-19-22-10-12-23(13-11-22)20-29-15-5-2-6-16-29/h3-4,7-14,18,28H,2,5-6,15-17,19-20H2,1H3. The molecule has 0 bridgehead atoms. The van der Waals surface area contributed by atoms with Crippen LogP contribution in [0, 0.1) is 6.92 Å². The van der Waals surface area contributed by atoms with Crippen LogP contribution in [-0.2, 0) is 19.5 Å². The van der Waals surface area contributed by atoms with E-state index in [2.05, 4.69) is 70.7 Å². The lowest BCUT2D eigenvalue weighted by atomic mass is 10.0. The van der Waals surface area contributed by atoms with Crippen molar-refractivity contribution in [3.8, 4) is 0 Å². The molecule has 3 aromatic rings. The van der Waals surface area contributed by atoms with Gasteiger partial charge in [0.2, 0.25) is 0 Å². The molecule has 1 aliphatic heterocycles. The van der Waals surface area contributed by atoms with E-state index in [1.54, 1.807) is 0 Å². The Bertz CT molecular complexity index is 897. The molecule has 2 heterocycles. The summed E-state index contributed by atoms with van der Waals surface area (Å²) < 4.78 is 0. The maximum Gasteiger partial charge on any atom is 0.0447 e. The molecule has 150 valence electrons. The summed E-state index contributed by atoms with van der Waals surface area (Å²) in [4.78, 5) is 7.02. The molecule has 1 saturated heterocycles. The maximum absolute atomic E-state index is 4.45. The molecule has 0 atom stereocenters. The van der Waals surface area contributed by atoms with Gasteiger partial charge in [-0.15, -0.1) is 0 Å². The van der Waals surface area contributed by atoms with Crippen molar-refractivity contribution in [3.63, 3.8) is 0 Å². The van der Waals surface area contributed by atoms with Crippen LogP contribution in [0.2, 0.25) is 0 Å². The third kappa shape index (κ3) is 5.68. The first-order chi connectivity index (χ1) is 14.3. The second-order valence-electron chi connectivity index (χ2n) is 8.15. The van der Waals surface area contributed by atoms with E-state index in [1.165, 1.54) is 60.3 Å². The van der Waals surface area contributed by atoms with Crippen LogP contribution in [0.3, 0.4) is 0 Å². The van der Waals surface area contributed by atoms with E-state index in [4.69, 9.17) is 0 Å². The second-order valence-corrected chi connectivity index (χ2v) is 8.15. The maximum atomic E-state index is 4.45. The lowest BCUT2D eigenvalue weighted by molar-refractivity contribution is 0.221. The number of benzene rings is 2. The van der Waals surface area contributed by atoms with Crippen LogP contribution in [0.15, 0.2) is 66.9 Å². The van der Waals surface area contributed by atoms with Gasteiger partial charge in [-0.1, -0.05) is 48.9 Å². The molecule has 2 aromatic carbocycles. The van der Waals surface area contributed by atoms with Gasteiger partial charge in [0.1, 0.15) is 0 Å². The van der Waals surface area contributed by atoms with Crippen LogP contribution < -0.4 is 5.32 Å². The van der Waals surface area contributed by atoms with Gasteiger partial charge < -0.3 is 5.32 Å². The number of rotatable bonds is 7. The van der Waals surface area contributed by atoms with Gasteiger partial charge >= 0.3 is 0 Å². The Morgan fingerprint density at radius 3 is 2.38 bits per heavy atom. The number of hydrogen-bond donors (Lipinski definition) is 1. The van der Waals surface area contributed by atoms with E-state index >= 15 is 0 Å². The Labute approximate surface area is 174 Å². The smallest absolute Gasteiger partial charge is 0.0447 e. The topological polar surface area (TPSA) is 28.2 Å². The zero-order valence-corrected chi connectivity index (χ0v) is 17.4. The number of aromatic nitrogens is 1. The first-order valence-electron chi connectivity index (χ1n) is 10.8. The van der Waals surface area contributed by atoms with E-state index in [1.807, 2.05) is 18.3 Å².